The third kappa shape index (κ3) is 6.77. The van der Waals surface area contributed by atoms with Gasteiger partial charge in [-0.2, -0.15) is 0 Å². The molecule has 1 atom stereocenters. The van der Waals surface area contributed by atoms with E-state index in [0.717, 1.165) is 41.9 Å². The summed E-state index contributed by atoms with van der Waals surface area (Å²) >= 11 is 0. The molecule has 0 spiro atoms. The minimum absolute atomic E-state index is 0.127. The van der Waals surface area contributed by atoms with Crippen LogP contribution in [-0.2, 0) is 16.0 Å². The lowest BCUT2D eigenvalue weighted by atomic mass is 10.1. The summed E-state index contributed by atoms with van der Waals surface area (Å²) in [6.07, 6.45) is 6.07. The van der Waals surface area contributed by atoms with Crippen molar-refractivity contribution in [1.29, 1.82) is 0 Å². The second kappa shape index (κ2) is 12.5. The maximum absolute atomic E-state index is 12.7. The van der Waals surface area contributed by atoms with Crippen molar-refractivity contribution in [2.75, 3.05) is 43.0 Å². The maximum atomic E-state index is 12.7. The number of anilines is 2. The number of amides is 1. The van der Waals surface area contributed by atoms with Crippen molar-refractivity contribution in [1.82, 2.24) is 34.4 Å². The largest absolute Gasteiger partial charge is 0.444 e. The van der Waals surface area contributed by atoms with Crippen LogP contribution in [0, 0.1) is 13.8 Å². The van der Waals surface area contributed by atoms with Crippen molar-refractivity contribution in [3.05, 3.63) is 57.9 Å². The Labute approximate surface area is 262 Å². The number of imidazole rings is 1. The second-order valence-corrected chi connectivity index (χ2v) is 12.7. The molecule has 45 heavy (non-hydrogen) atoms. The smallest absolute Gasteiger partial charge is 0.410 e. The van der Waals surface area contributed by atoms with Gasteiger partial charge in [0, 0.05) is 62.3 Å². The van der Waals surface area contributed by atoms with E-state index in [9.17, 15) is 9.59 Å². The first kappa shape index (κ1) is 30.5. The molecule has 0 aliphatic carbocycles. The van der Waals surface area contributed by atoms with E-state index < -0.39 is 5.60 Å². The molecule has 4 aromatic heterocycles. The van der Waals surface area contributed by atoms with Crippen molar-refractivity contribution < 1.29 is 14.3 Å². The fraction of sp³-hybridized carbons (Fsp3) is 0.500. The van der Waals surface area contributed by atoms with Gasteiger partial charge in [0.1, 0.15) is 17.6 Å². The minimum atomic E-state index is -0.523. The average molecular weight is 616 g/mol. The number of H-pyrrole nitrogens is 1. The number of fused-ring (bicyclic) bond motifs is 1. The first-order valence-electron chi connectivity index (χ1n) is 15.5. The topological polar surface area (TPSA) is 143 Å². The molecular formula is C32H41N9O4. The number of aryl methyl sites for hydroxylation is 2. The van der Waals surface area contributed by atoms with Crippen LogP contribution in [0.4, 0.5) is 16.4 Å². The highest BCUT2D eigenvalue weighted by Gasteiger charge is 2.27. The molecule has 238 valence electrons. The molecule has 0 aromatic carbocycles. The van der Waals surface area contributed by atoms with Gasteiger partial charge in [-0.25, -0.2) is 24.7 Å². The quantitative estimate of drug-likeness (QED) is 0.317. The van der Waals surface area contributed by atoms with E-state index in [1.807, 2.05) is 57.4 Å². The standard InChI is InChI=1S/C32H41N9O4/c1-20-16-21(2)36-30(42)23(20)18-34-28-26-29(41(19-35-26)25-8-6-7-15-44-25)38-27(37-28)22-9-10-24(33-17-22)39-11-13-40(14-12-39)31(43)45-32(3,4)5/h9-10,16-17,19,25H,6-8,11-15,18H2,1-5H3,(H,36,42)(H,34,37,38). The Kier molecular flexibility index (Phi) is 8.45. The lowest BCUT2D eigenvalue weighted by Crippen LogP contribution is -2.50. The summed E-state index contributed by atoms with van der Waals surface area (Å²) in [5, 5.41) is 3.36. The minimum Gasteiger partial charge on any atom is -0.444 e. The summed E-state index contributed by atoms with van der Waals surface area (Å²) in [5.41, 5.74) is 3.73. The van der Waals surface area contributed by atoms with E-state index in [0.29, 0.717) is 61.2 Å². The maximum Gasteiger partial charge on any atom is 0.410 e. The number of piperazine rings is 1. The van der Waals surface area contributed by atoms with Gasteiger partial charge in [-0.05, 0) is 77.6 Å². The number of aromatic nitrogens is 6. The van der Waals surface area contributed by atoms with Gasteiger partial charge in [-0.15, -0.1) is 0 Å². The zero-order valence-electron chi connectivity index (χ0n) is 26.6. The lowest BCUT2D eigenvalue weighted by Gasteiger charge is -2.36. The van der Waals surface area contributed by atoms with Crippen LogP contribution in [0.1, 0.15) is 63.1 Å². The van der Waals surface area contributed by atoms with E-state index in [2.05, 4.69) is 20.2 Å². The van der Waals surface area contributed by atoms with Crippen LogP contribution < -0.4 is 15.8 Å². The van der Waals surface area contributed by atoms with Crippen molar-refractivity contribution in [3.63, 3.8) is 0 Å². The van der Waals surface area contributed by atoms with Gasteiger partial charge in [0.05, 0.1) is 6.33 Å². The van der Waals surface area contributed by atoms with E-state index in [1.54, 1.807) is 17.4 Å². The van der Waals surface area contributed by atoms with Crippen LogP contribution in [0.2, 0.25) is 0 Å². The zero-order chi connectivity index (χ0) is 31.7. The Morgan fingerprint density at radius 2 is 1.91 bits per heavy atom. The monoisotopic (exact) mass is 615 g/mol. The van der Waals surface area contributed by atoms with Crippen molar-refractivity contribution in [2.24, 2.45) is 0 Å². The number of nitrogens with zero attached hydrogens (tertiary/aromatic N) is 7. The van der Waals surface area contributed by atoms with Gasteiger partial charge in [0.15, 0.2) is 22.8 Å². The Morgan fingerprint density at radius 1 is 1.11 bits per heavy atom. The summed E-state index contributed by atoms with van der Waals surface area (Å²) in [4.78, 5) is 51.2. The van der Waals surface area contributed by atoms with Gasteiger partial charge in [0.2, 0.25) is 0 Å². The molecule has 2 aliphatic rings. The van der Waals surface area contributed by atoms with Crippen molar-refractivity contribution in [2.45, 2.75) is 72.3 Å². The molecule has 0 saturated carbocycles. The van der Waals surface area contributed by atoms with Crippen LogP contribution in [0.3, 0.4) is 0 Å². The van der Waals surface area contributed by atoms with Gasteiger partial charge >= 0.3 is 6.09 Å². The van der Waals surface area contributed by atoms with Crippen LogP contribution >= 0.6 is 0 Å². The predicted molar refractivity (Wildman–Crippen MR) is 171 cm³/mol. The predicted octanol–water partition coefficient (Wildman–Crippen LogP) is 4.56. The summed E-state index contributed by atoms with van der Waals surface area (Å²) in [7, 11) is 0. The Bertz CT molecular complexity index is 1730. The number of carbonyl (C=O) groups is 1. The summed E-state index contributed by atoms with van der Waals surface area (Å²) in [6, 6.07) is 5.87. The normalized spacial score (nSPS) is 17.5. The van der Waals surface area contributed by atoms with Gasteiger partial charge in [0.25, 0.3) is 5.56 Å². The number of aromatic amines is 1. The molecule has 1 unspecified atom stereocenters. The number of nitrogens with one attached hydrogen (secondary N) is 2. The Hall–Kier alpha value is -4.52. The Morgan fingerprint density at radius 3 is 2.58 bits per heavy atom. The molecule has 2 aliphatic heterocycles. The zero-order valence-corrected chi connectivity index (χ0v) is 26.6. The summed E-state index contributed by atoms with van der Waals surface area (Å²) < 4.78 is 13.6. The number of ether oxygens (including phenoxy) is 2. The Balaban J connectivity index is 1.26. The highest BCUT2D eigenvalue weighted by Crippen LogP contribution is 2.30. The molecule has 0 bridgehead atoms. The molecule has 13 nitrogen and oxygen atoms in total. The lowest BCUT2D eigenvalue weighted by molar-refractivity contribution is -0.0298. The molecule has 2 N–H and O–H groups in total. The van der Waals surface area contributed by atoms with Gasteiger partial charge in [-0.3, -0.25) is 9.36 Å². The van der Waals surface area contributed by atoms with Crippen LogP contribution in [0.15, 0.2) is 35.5 Å². The van der Waals surface area contributed by atoms with Crippen LogP contribution in [0.25, 0.3) is 22.6 Å². The van der Waals surface area contributed by atoms with Crippen molar-refractivity contribution in [3.8, 4) is 11.4 Å². The summed E-state index contributed by atoms with van der Waals surface area (Å²) in [5.74, 6) is 1.84. The van der Waals surface area contributed by atoms with E-state index in [-0.39, 0.29) is 24.4 Å². The van der Waals surface area contributed by atoms with Gasteiger partial charge < -0.3 is 29.6 Å². The highest BCUT2D eigenvalue weighted by molar-refractivity contribution is 5.85. The molecule has 13 heteroatoms. The second-order valence-electron chi connectivity index (χ2n) is 12.7. The van der Waals surface area contributed by atoms with E-state index >= 15 is 0 Å². The first-order chi connectivity index (χ1) is 21.6. The SMILES string of the molecule is Cc1cc(C)c(CNc2nc(-c3ccc(N4CCN(C(=O)OC(C)(C)C)CC4)nc3)nc3c2ncn3C2CCCCO2)c(=O)[nH]1. The third-order valence-electron chi connectivity index (χ3n) is 8.08. The molecule has 4 aromatic rings. The molecule has 6 heterocycles. The van der Waals surface area contributed by atoms with E-state index in [1.165, 1.54) is 0 Å². The first-order valence-corrected chi connectivity index (χ1v) is 15.5. The van der Waals surface area contributed by atoms with Crippen LogP contribution in [-0.4, -0.2) is 78.9 Å². The molecule has 6 rings (SSSR count). The number of pyridine rings is 2. The highest BCUT2D eigenvalue weighted by atomic mass is 16.6. The molecule has 2 fully saturated rings. The van der Waals surface area contributed by atoms with Crippen molar-refractivity contribution >= 4 is 28.9 Å². The fourth-order valence-electron chi connectivity index (χ4n) is 5.75. The number of rotatable bonds is 6. The summed E-state index contributed by atoms with van der Waals surface area (Å²) in [6.45, 7) is 12.8. The van der Waals surface area contributed by atoms with E-state index in [4.69, 9.17) is 24.4 Å². The molecule has 2 saturated heterocycles. The number of hydrogen-bond donors (Lipinski definition) is 2. The average Bonchev–Trinajstić information content (AvgIpc) is 3.44. The molecule has 0 radical (unpaired) electrons. The molecular weight excluding hydrogens is 574 g/mol. The molecule has 1 amide bonds. The van der Waals surface area contributed by atoms with Gasteiger partial charge in [-0.1, -0.05) is 0 Å². The van der Waals surface area contributed by atoms with Crippen LogP contribution in [0.5, 0.6) is 0 Å². The number of carbonyl (C=O) groups excluding carboxylic acids is 1. The third-order valence-corrected chi connectivity index (χ3v) is 8.08. The number of hydrogen-bond acceptors (Lipinski definition) is 10. The fourth-order valence-corrected chi connectivity index (χ4v) is 5.75.